The quantitative estimate of drug-likeness (QED) is 0.831. The third-order valence-electron chi connectivity index (χ3n) is 3.03. The molecule has 6 nitrogen and oxygen atoms in total. The molecule has 0 aromatic heterocycles. The molecular formula is C14H19N3O3. The first kappa shape index (κ1) is 14.5. The van der Waals surface area contributed by atoms with Crippen LogP contribution in [0, 0.1) is 0 Å². The molecule has 2 N–H and O–H groups in total. The summed E-state index contributed by atoms with van der Waals surface area (Å²) in [6.45, 7) is 2.60. The minimum Gasteiger partial charge on any atom is -0.378 e. The first-order chi connectivity index (χ1) is 9.70. The SMILES string of the molecule is CNCC(=O)Nc1cccc(C(=O)N2CCOCC2)c1. The number of hydrogen-bond acceptors (Lipinski definition) is 4. The first-order valence-electron chi connectivity index (χ1n) is 6.62. The molecule has 1 aliphatic heterocycles. The van der Waals surface area contributed by atoms with E-state index < -0.39 is 0 Å². The highest BCUT2D eigenvalue weighted by Crippen LogP contribution is 2.13. The van der Waals surface area contributed by atoms with Crippen molar-refractivity contribution in [3.63, 3.8) is 0 Å². The molecule has 0 bridgehead atoms. The number of rotatable bonds is 4. The molecule has 1 heterocycles. The summed E-state index contributed by atoms with van der Waals surface area (Å²) < 4.78 is 5.23. The van der Waals surface area contributed by atoms with E-state index in [4.69, 9.17) is 4.74 Å². The molecule has 0 spiro atoms. The van der Waals surface area contributed by atoms with Crippen LogP contribution in [-0.2, 0) is 9.53 Å². The van der Waals surface area contributed by atoms with E-state index in [1.807, 2.05) is 0 Å². The number of carbonyl (C=O) groups is 2. The van der Waals surface area contributed by atoms with Gasteiger partial charge in [-0.2, -0.15) is 0 Å². The smallest absolute Gasteiger partial charge is 0.254 e. The van der Waals surface area contributed by atoms with E-state index in [-0.39, 0.29) is 18.4 Å². The molecule has 108 valence electrons. The van der Waals surface area contributed by atoms with Crippen LogP contribution in [0.2, 0.25) is 0 Å². The van der Waals surface area contributed by atoms with Gasteiger partial charge in [0.25, 0.3) is 5.91 Å². The molecule has 6 heteroatoms. The number of hydrogen-bond donors (Lipinski definition) is 2. The lowest BCUT2D eigenvalue weighted by Crippen LogP contribution is -2.40. The molecule has 0 radical (unpaired) electrons. The molecule has 0 unspecified atom stereocenters. The summed E-state index contributed by atoms with van der Waals surface area (Å²) in [6, 6.07) is 6.99. The number of anilines is 1. The molecule has 20 heavy (non-hydrogen) atoms. The van der Waals surface area contributed by atoms with Crippen molar-refractivity contribution in [3.05, 3.63) is 29.8 Å². The van der Waals surface area contributed by atoms with Crippen LogP contribution in [-0.4, -0.2) is 56.6 Å². The van der Waals surface area contributed by atoms with E-state index in [1.54, 1.807) is 36.2 Å². The maximum absolute atomic E-state index is 12.3. The van der Waals surface area contributed by atoms with Crippen molar-refractivity contribution in [3.8, 4) is 0 Å². The summed E-state index contributed by atoms with van der Waals surface area (Å²) >= 11 is 0. The summed E-state index contributed by atoms with van der Waals surface area (Å²) in [7, 11) is 1.71. The van der Waals surface area contributed by atoms with E-state index >= 15 is 0 Å². The predicted octanol–water partition coefficient (Wildman–Crippen LogP) is 0.317. The van der Waals surface area contributed by atoms with Crippen molar-refractivity contribution in [2.75, 3.05) is 45.2 Å². The largest absolute Gasteiger partial charge is 0.378 e. The van der Waals surface area contributed by atoms with Crippen LogP contribution in [0.25, 0.3) is 0 Å². The molecule has 1 aromatic carbocycles. The average Bonchev–Trinajstić information content (AvgIpc) is 2.48. The van der Waals surface area contributed by atoms with Gasteiger partial charge < -0.3 is 20.3 Å². The Bertz CT molecular complexity index is 484. The fourth-order valence-corrected chi connectivity index (χ4v) is 2.04. The van der Waals surface area contributed by atoms with Crippen LogP contribution < -0.4 is 10.6 Å². The molecular weight excluding hydrogens is 258 g/mol. The molecule has 2 amide bonds. The monoisotopic (exact) mass is 277 g/mol. The van der Waals surface area contributed by atoms with Gasteiger partial charge in [0.15, 0.2) is 0 Å². The standard InChI is InChI=1S/C14H19N3O3/c1-15-10-13(18)16-12-4-2-3-11(9-12)14(19)17-5-7-20-8-6-17/h2-4,9,15H,5-8,10H2,1H3,(H,16,18). The Hall–Kier alpha value is -1.92. The van der Waals surface area contributed by atoms with E-state index in [1.165, 1.54) is 0 Å². The number of likely N-dealkylation sites (N-methyl/N-ethyl adjacent to an activating group) is 1. The van der Waals surface area contributed by atoms with Gasteiger partial charge in [-0.3, -0.25) is 9.59 Å². The summed E-state index contributed by atoms with van der Waals surface area (Å²) in [5, 5.41) is 5.52. The fraction of sp³-hybridized carbons (Fsp3) is 0.429. The minimum absolute atomic E-state index is 0.0296. The lowest BCUT2D eigenvalue weighted by molar-refractivity contribution is -0.115. The Morgan fingerprint density at radius 3 is 2.75 bits per heavy atom. The summed E-state index contributed by atoms with van der Waals surface area (Å²) in [5.41, 5.74) is 1.21. The number of morpholine rings is 1. The Morgan fingerprint density at radius 1 is 1.30 bits per heavy atom. The highest BCUT2D eigenvalue weighted by molar-refractivity contribution is 5.97. The minimum atomic E-state index is -0.136. The fourth-order valence-electron chi connectivity index (χ4n) is 2.04. The van der Waals surface area contributed by atoms with Gasteiger partial charge in [0.1, 0.15) is 0 Å². The topological polar surface area (TPSA) is 70.7 Å². The van der Waals surface area contributed by atoms with Gasteiger partial charge in [-0.25, -0.2) is 0 Å². The molecule has 1 aliphatic rings. The molecule has 0 aliphatic carbocycles. The third kappa shape index (κ3) is 3.79. The zero-order valence-corrected chi connectivity index (χ0v) is 11.5. The molecule has 0 saturated carbocycles. The van der Waals surface area contributed by atoms with E-state index in [0.717, 1.165) is 0 Å². The maximum Gasteiger partial charge on any atom is 0.254 e. The number of benzene rings is 1. The zero-order valence-electron chi connectivity index (χ0n) is 11.5. The Kier molecular flexibility index (Phi) is 5.09. The van der Waals surface area contributed by atoms with Crippen molar-refractivity contribution in [1.82, 2.24) is 10.2 Å². The van der Waals surface area contributed by atoms with Gasteiger partial charge >= 0.3 is 0 Å². The number of nitrogens with one attached hydrogen (secondary N) is 2. The van der Waals surface area contributed by atoms with Gasteiger partial charge in [0.05, 0.1) is 19.8 Å². The van der Waals surface area contributed by atoms with Crippen molar-refractivity contribution >= 4 is 17.5 Å². The Labute approximate surface area is 118 Å². The van der Waals surface area contributed by atoms with Gasteiger partial charge in [-0.15, -0.1) is 0 Å². The van der Waals surface area contributed by atoms with Gasteiger partial charge in [0, 0.05) is 24.3 Å². The first-order valence-corrected chi connectivity index (χ1v) is 6.62. The van der Waals surface area contributed by atoms with E-state index in [2.05, 4.69) is 10.6 Å². The second-order valence-corrected chi connectivity index (χ2v) is 4.56. The lowest BCUT2D eigenvalue weighted by atomic mass is 10.1. The molecule has 2 rings (SSSR count). The summed E-state index contributed by atoms with van der Waals surface area (Å²) in [4.78, 5) is 25.6. The van der Waals surface area contributed by atoms with Crippen LogP contribution in [0.5, 0.6) is 0 Å². The van der Waals surface area contributed by atoms with Gasteiger partial charge in [-0.05, 0) is 25.2 Å². The van der Waals surface area contributed by atoms with Crippen LogP contribution in [0.15, 0.2) is 24.3 Å². The van der Waals surface area contributed by atoms with Crippen molar-refractivity contribution in [1.29, 1.82) is 0 Å². The average molecular weight is 277 g/mol. The lowest BCUT2D eigenvalue weighted by Gasteiger charge is -2.27. The highest BCUT2D eigenvalue weighted by atomic mass is 16.5. The Balaban J connectivity index is 2.04. The van der Waals surface area contributed by atoms with Crippen molar-refractivity contribution in [2.45, 2.75) is 0 Å². The molecule has 1 fully saturated rings. The van der Waals surface area contributed by atoms with Crippen molar-refractivity contribution in [2.24, 2.45) is 0 Å². The van der Waals surface area contributed by atoms with Gasteiger partial charge in [0.2, 0.25) is 5.91 Å². The van der Waals surface area contributed by atoms with Gasteiger partial charge in [-0.1, -0.05) is 6.07 Å². The van der Waals surface area contributed by atoms with E-state index in [9.17, 15) is 9.59 Å². The third-order valence-corrected chi connectivity index (χ3v) is 3.03. The van der Waals surface area contributed by atoms with E-state index in [0.29, 0.717) is 37.6 Å². The second kappa shape index (κ2) is 7.02. The maximum atomic E-state index is 12.3. The zero-order chi connectivity index (χ0) is 14.4. The van der Waals surface area contributed by atoms with Crippen molar-refractivity contribution < 1.29 is 14.3 Å². The summed E-state index contributed by atoms with van der Waals surface area (Å²) in [6.07, 6.45) is 0. The molecule has 0 atom stereocenters. The number of ether oxygens (including phenoxy) is 1. The molecule has 1 saturated heterocycles. The highest BCUT2D eigenvalue weighted by Gasteiger charge is 2.18. The number of nitrogens with zero attached hydrogens (tertiary/aromatic N) is 1. The van der Waals surface area contributed by atoms with Crippen LogP contribution in [0.4, 0.5) is 5.69 Å². The second-order valence-electron chi connectivity index (χ2n) is 4.56. The molecule has 1 aromatic rings. The normalized spacial score (nSPS) is 14.9. The van der Waals surface area contributed by atoms with Crippen LogP contribution >= 0.6 is 0 Å². The van der Waals surface area contributed by atoms with Crippen LogP contribution in [0.3, 0.4) is 0 Å². The van der Waals surface area contributed by atoms with Crippen LogP contribution in [0.1, 0.15) is 10.4 Å². The number of amides is 2. The number of carbonyl (C=O) groups excluding carboxylic acids is 2. The predicted molar refractivity (Wildman–Crippen MR) is 75.7 cm³/mol. The Morgan fingerprint density at radius 2 is 2.05 bits per heavy atom. The summed E-state index contributed by atoms with van der Waals surface area (Å²) in [5.74, 6) is -0.165.